The van der Waals surface area contributed by atoms with Crippen molar-refractivity contribution in [3.63, 3.8) is 0 Å². The Kier molecular flexibility index (Phi) is 3.40. The molecule has 2 bridgehead atoms. The Morgan fingerprint density at radius 1 is 1.27 bits per heavy atom. The molecule has 2 aromatic rings. The third-order valence-corrected chi connectivity index (χ3v) is 7.12. The number of carbonyl (C=O) groups excluding carboxylic acids is 1. The van der Waals surface area contributed by atoms with E-state index in [-0.39, 0.29) is 22.2 Å². The summed E-state index contributed by atoms with van der Waals surface area (Å²) in [5.74, 6) is 0.803. The van der Waals surface area contributed by atoms with Gasteiger partial charge in [-0.25, -0.2) is 4.98 Å². The maximum atomic E-state index is 12.8. The molecule has 0 radical (unpaired) electrons. The molecule has 0 spiro atoms. The third-order valence-electron chi connectivity index (χ3n) is 4.95. The van der Waals surface area contributed by atoms with E-state index in [1.54, 1.807) is 6.92 Å². The van der Waals surface area contributed by atoms with Crippen molar-refractivity contribution in [1.29, 1.82) is 0 Å². The molecular formula is C17H19NO3S. The van der Waals surface area contributed by atoms with Crippen LogP contribution in [0.4, 0.5) is 0 Å². The average molecular weight is 317 g/mol. The van der Waals surface area contributed by atoms with Crippen LogP contribution in [0, 0.1) is 12.8 Å². The van der Waals surface area contributed by atoms with Gasteiger partial charge >= 0.3 is 0 Å². The van der Waals surface area contributed by atoms with Crippen LogP contribution in [0.5, 0.6) is 0 Å². The van der Waals surface area contributed by atoms with E-state index in [4.69, 9.17) is 4.42 Å². The maximum Gasteiger partial charge on any atom is 0.192 e. The fourth-order valence-corrected chi connectivity index (χ4v) is 6.07. The third kappa shape index (κ3) is 2.32. The van der Waals surface area contributed by atoms with Crippen molar-refractivity contribution >= 4 is 27.7 Å². The van der Waals surface area contributed by atoms with Crippen molar-refractivity contribution in [1.82, 2.24) is 4.98 Å². The van der Waals surface area contributed by atoms with Crippen molar-refractivity contribution in [3.05, 3.63) is 29.7 Å². The minimum atomic E-state index is -0.728. The lowest BCUT2D eigenvalue weighted by atomic mass is 9.84. The van der Waals surface area contributed by atoms with Gasteiger partial charge in [0.2, 0.25) is 0 Å². The Bertz CT molecular complexity index is 750. The summed E-state index contributed by atoms with van der Waals surface area (Å²) in [5, 5.41) is 0.443. The second-order valence-electron chi connectivity index (χ2n) is 6.45. The van der Waals surface area contributed by atoms with Gasteiger partial charge in [0.1, 0.15) is 5.52 Å². The molecule has 22 heavy (non-hydrogen) atoms. The molecule has 4 rings (SSSR count). The largest absolute Gasteiger partial charge is 0.441 e. The van der Waals surface area contributed by atoms with Crippen LogP contribution in [-0.4, -0.2) is 25.5 Å². The number of oxazole rings is 1. The zero-order valence-corrected chi connectivity index (χ0v) is 13.4. The summed E-state index contributed by atoms with van der Waals surface area (Å²) in [4.78, 5) is 17.1. The second kappa shape index (κ2) is 5.30. The summed E-state index contributed by atoms with van der Waals surface area (Å²) >= 11 is 0. The highest BCUT2D eigenvalue weighted by Crippen LogP contribution is 2.38. The van der Waals surface area contributed by atoms with Gasteiger partial charge < -0.3 is 4.42 Å². The van der Waals surface area contributed by atoms with Gasteiger partial charge in [0.05, 0.1) is 0 Å². The van der Waals surface area contributed by atoms with Crippen LogP contribution in [-0.2, 0) is 10.8 Å². The van der Waals surface area contributed by atoms with Gasteiger partial charge in [-0.1, -0.05) is 6.42 Å². The summed E-state index contributed by atoms with van der Waals surface area (Å²) in [5.41, 5.74) is 2.16. The minimum absolute atomic E-state index is 0.0125. The van der Waals surface area contributed by atoms with Crippen molar-refractivity contribution in [2.75, 3.05) is 0 Å². The Morgan fingerprint density at radius 3 is 2.73 bits per heavy atom. The van der Waals surface area contributed by atoms with Crippen LogP contribution in [0.15, 0.2) is 22.6 Å². The van der Waals surface area contributed by atoms with Crippen molar-refractivity contribution in [3.8, 4) is 0 Å². The molecular weight excluding hydrogens is 298 g/mol. The van der Waals surface area contributed by atoms with E-state index in [1.165, 1.54) is 0 Å². The first-order chi connectivity index (χ1) is 10.6. The molecule has 116 valence electrons. The normalized spacial score (nSPS) is 31.3. The summed E-state index contributed by atoms with van der Waals surface area (Å²) in [6, 6.07) is 5.48. The number of hydrogen-bond donors (Lipinski definition) is 0. The average Bonchev–Trinajstić information content (AvgIpc) is 2.85. The standard InChI is InChI=1S/C17H19NO3S/c1-10-18-15-9-11(5-6-16(15)21-10)17(19)12-7-13-3-2-4-14(8-12)22(13)20/h5-6,9,12-14H,2-4,7-8H2,1H3. The highest BCUT2D eigenvalue weighted by molar-refractivity contribution is 7.86. The first-order valence-corrected chi connectivity index (χ1v) is 9.20. The first-order valence-electron chi connectivity index (χ1n) is 7.92. The van der Waals surface area contributed by atoms with E-state index in [9.17, 15) is 9.00 Å². The number of Topliss-reactive ketones (excluding diaryl/α,β-unsaturated/α-hetero) is 1. The quantitative estimate of drug-likeness (QED) is 0.797. The van der Waals surface area contributed by atoms with E-state index >= 15 is 0 Å². The molecule has 0 N–H and O–H groups in total. The molecule has 2 aliphatic rings. The van der Waals surface area contributed by atoms with E-state index in [1.807, 2.05) is 18.2 Å². The number of ketones is 1. The summed E-state index contributed by atoms with van der Waals surface area (Å²) in [6.07, 6.45) is 4.73. The smallest absolute Gasteiger partial charge is 0.192 e. The number of hydrogen-bond acceptors (Lipinski definition) is 4. The van der Waals surface area contributed by atoms with Crippen LogP contribution in [0.25, 0.3) is 11.1 Å². The number of aryl methyl sites for hydroxylation is 1. The molecule has 1 aromatic heterocycles. The van der Waals surface area contributed by atoms with E-state index in [0.717, 1.165) is 43.2 Å². The van der Waals surface area contributed by atoms with Crippen molar-refractivity contribution in [2.45, 2.75) is 49.5 Å². The van der Waals surface area contributed by atoms with Crippen LogP contribution >= 0.6 is 0 Å². The van der Waals surface area contributed by atoms with E-state index in [0.29, 0.717) is 11.5 Å². The molecule has 1 aromatic carbocycles. The molecule has 4 nitrogen and oxygen atoms in total. The summed E-state index contributed by atoms with van der Waals surface area (Å²) < 4.78 is 17.7. The molecule has 2 atom stereocenters. The maximum absolute atomic E-state index is 12.8. The number of nitrogens with zero attached hydrogens (tertiary/aromatic N) is 1. The molecule has 2 aliphatic heterocycles. The zero-order chi connectivity index (χ0) is 15.3. The molecule has 0 amide bonds. The predicted molar refractivity (Wildman–Crippen MR) is 85.4 cm³/mol. The highest BCUT2D eigenvalue weighted by Gasteiger charge is 2.40. The van der Waals surface area contributed by atoms with E-state index in [2.05, 4.69) is 4.98 Å². The molecule has 3 heterocycles. The van der Waals surface area contributed by atoms with Crippen molar-refractivity contribution in [2.24, 2.45) is 5.92 Å². The van der Waals surface area contributed by atoms with Gasteiger partial charge in [-0.15, -0.1) is 0 Å². The topological polar surface area (TPSA) is 60.2 Å². The zero-order valence-electron chi connectivity index (χ0n) is 12.6. The predicted octanol–water partition coefficient (Wildman–Crippen LogP) is 3.40. The Balaban J connectivity index is 1.61. The monoisotopic (exact) mass is 317 g/mol. The Morgan fingerprint density at radius 2 is 2.00 bits per heavy atom. The Hall–Kier alpha value is -1.49. The fraction of sp³-hybridized carbons (Fsp3) is 0.529. The van der Waals surface area contributed by atoms with E-state index < -0.39 is 10.8 Å². The molecule has 2 fully saturated rings. The molecule has 0 saturated carbocycles. The van der Waals surface area contributed by atoms with Gasteiger partial charge in [0.25, 0.3) is 0 Å². The number of rotatable bonds is 2. The Labute approximate surface area is 131 Å². The van der Waals surface area contributed by atoms with Gasteiger partial charge in [0.15, 0.2) is 17.3 Å². The number of benzene rings is 1. The summed E-state index contributed by atoms with van der Waals surface area (Å²) in [7, 11) is -0.728. The number of carbonyl (C=O) groups is 1. The molecule has 0 aliphatic carbocycles. The SMILES string of the molecule is Cc1nc2cc(C(=O)C3CC4CCCC(C3)S4=O)ccc2o1. The van der Waals surface area contributed by atoms with Gasteiger partial charge in [-0.05, 0) is 43.9 Å². The van der Waals surface area contributed by atoms with Gasteiger partial charge in [-0.3, -0.25) is 9.00 Å². The first kappa shape index (κ1) is 14.1. The van der Waals surface area contributed by atoms with Crippen LogP contribution in [0.3, 0.4) is 0 Å². The van der Waals surface area contributed by atoms with Crippen LogP contribution in [0.1, 0.15) is 48.4 Å². The van der Waals surface area contributed by atoms with Crippen molar-refractivity contribution < 1.29 is 13.4 Å². The fourth-order valence-electron chi connectivity index (χ4n) is 3.88. The van der Waals surface area contributed by atoms with Gasteiger partial charge in [0, 0.05) is 39.7 Å². The molecule has 5 heteroatoms. The van der Waals surface area contributed by atoms with Gasteiger partial charge in [-0.2, -0.15) is 0 Å². The van der Waals surface area contributed by atoms with Crippen LogP contribution < -0.4 is 0 Å². The minimum Gasteiger partial charge on any atom is -0.441 e. The highest BCUT2D eigenvalue weighted by atomic mass is 32.2. The molecule has 2 saturated heterocycles. The lowest BCUT2D eigenvalue weighted by Gasteiger charge is -2.37. The number of aromatic nitrogens is 1. The van der Waals surface area contributed by atoms with Crippen LogP contribution in [0.2, 0.25) is 0 Å². The number of fused-ring (bicyclic) bond motifs is 3. The summed E-state index contributed by atoms with van der Waals surface area (Å²) in [6.45, 7) is 1.80. The lowest BCUT2D eigenvalue weighted by molar-refractivity contribution is 0.0895. The second-order valence-corrected chi connectivity index (χ2v) is 8.44. The lowest BCUT2D eigenvalue weighted by Crippen LogP contribution is -2.41. The molecule has 2 unspecified atom stereocenters.